The first-order valence-electron chi connectivity index (χ1n) is 8.57. The summed E-state index contributed by atoms with van der Waals surface area (Å²) in [7, 11) is 4.56. The number of carbonyl (C=O) groups is 1. The average Bonchev–Trinajstić information content (AvgIpc) is 2.71. The summed E-state index contributed by atoms with van der Waals surface area (Å²) in [5, 5.41) is 0.216. The summed E-state index contributed by atoms with van der Waals surface area (Å²) in [6.45, 7) is 1.27. The zero-order valence-corrected chi connectivity index (χ0v) is 16.3. The monoisotopic (exact) mass is 397 g/mol. The normalized spacial score (nSPS) is 10.9. The molecule has 0 aliphatic heterocycles. The molecule has 0 amide bonds. The highest BCUT2D eigenvalue weighted by atomic mass is 16.5. The van der Waals surface area contributed by atoms with Gasteiger partial charge in [0.05, 0.1) is 26.7 Å². The largest absolute Gasteiger partial charge is 0.493 e. The van der Waals surface area contributed by atoms with E-state index in [9.17, 15) is 9.59 Å². The van der Waals surface area contributed by atoms with E-state index in [1.807, 2.05) is 0 Å². The molecule has 3 aromatic rings. The summed E-state index contributed by atoms with van der Waals surface area (Å²) in [6, 6.07) is 8.17. The first-order chi connectivity index (χ1) is 14.0. The Morgan fingerprint density at radius 1 is 1.00 bits per heavy atom. The minimum Gasteiger partial charge on any atom is -0.493 e. The number of para-hydroxylation sites is 1. The zero-order chi connectivity index (χ0) is 21.0. The van der Waals surface area contributed by atoms with Gasteiger partial charge in [-0.25, -0.2) is 9.78 Å². The van der Waals surface area contributed by atoms with E-state index in [0.717, 1.165) is 0 Å². The molecule has 1 aromatic heterocycles. The van der Waals surface area contributed by atoms with Crippen molar-refractivity contribution >= 4 is 29.0 Å². The molecule has 0 radical (unpaired) electrons. The van der Waals surface area contributed by atoms with E-state index in [1.54, 1.807) is 36.4 Å². The molecule has 8 nitrogen and oxygen atoms in total. The second-order valence-electron chi connectivity index (χ2n) is 5.88. The van der Waals surface area contributed by atoms with E-state index in [2.05, 4.69) is 4.98 Å². The van der Waals surface area contributed by atoms with Crippen LogP contribution in [0.25, 0.3) is 23.1 Å². The summed E-state index contributed by atoms with van der Waals surface area (Å²) in [6.07, 6.45) is 3.20. The molecule has 0 bridgehead atoms. The molecule has 1 heterocycles. The number of nitrogens with zero attached hydrogens (tertiary/aromatic N) is 1. The number of fused-ring (bicyclic) bond motifs is 1. The van der Waals surface area contributed by atoms with Gasteiger partial charge in [-0.3, -0.25) is 4.79 Å². The number of hydrogen-bond acceptors (Lipinski definition) is 8. The van der Waals surface area contributed by atoms with Crippen LogP contribution >= 0.6 is 0 Å². The maximum absolute atomic E-state index is 12.3. The molecule has 0 unspecified atom stereocenters. The molecule has 0 fully saturated rings. The van der Waals surface area contributed by atoms with E-state index in [1.165, 1.54) is 34.3 Å². The molecule has 0 N–H and O–H groups in total. The number of aromatic nitrogens is 1. The van der Waals surface area contributed by atoms with Crippen LogP contribution in [0.2, 0.25) is 0 Å². The molecule has 150 valence electrons. The molecule has 0 atom stereocenters. The van der Waals surface area contributed by atoms with Crippen LogP contribution in [-0.4, -0.2) is 32.3 Å². The Bertz CT molecular complexity index is 1120. The molecule has 2 aromatic carbocycles. The van der Waals surface area contributed by atoms with Gasteiger partial charge < -0.3 is 23.4 Å². The van der Waals surface area contributed by atoms with Gasteiger partial charge in [-0.1, -0.05) is 6.07 Å². The third-order valence-electron chi connectivity index (χ3n) is 4.00. The van der Waals surface area contributed by atoms with Crippen LogP contribution in [0.1, 0.15) is 18.4 Å². The molecular formula is C21H19NO7. The molecule has 0 saturated heterocycles. The minimum absolute atomic E-state index is 0.0517. The predicted molar refractivity (Wildman–Crippen MR) is 107 cm³/mol. The van der Waals surface area contributed by atoms with Gasteiger partial charge in [-0.2, -0.15) is 0 Å². The van der Waals surface area contributed by atoms with Gasteiger partial charge in [-0.05, 0) is 35.9 Å². The fourth-order valence-corrected chi connectivity index (χ4v) is 2.76. The maximum atomic E-state index is 12.3. The van der Waals surface area contributed by atoms with Crippen LogP contribution in [0, 0.1) is 0 Å². The van der Waals surface area contributed by atoms with Crippen molar-refractivity contribution < 1.29 is 28.2 Å². The zero-order valence-electron chi connectivity index (χ0n) is 16.3. The fraction of sp³-hybridized carbons (Fsp3) is 0.190. The van der Waals surface area contributed by atoms with Gasteiger partial charge in [0, 0.05) is 13.0 Å². The minimum atomic E-state index is -0.589. The van der Waals surface area contributed by atoms with Crippen LogP contribution < -0.4 is 24.6 Å². The number of carbonyl (C=O) groups excluding carboxylic acids is 1. The van der Waals surface area contributed by atoms with Crippen molar-refractivity contribution in [3.63, 3.8) is 0 Å². The second-order valence-corrected chi connectivity index (χ2v) is 5.88. The molecule has 0 spiro atoms. The molecule has 0 aliphatic carbocycles. The number of methoxy groups -OCH3 is 3. The van der Waals surface area contributed by atoms with Gasteiger partial charge in [0.1, 0.15) is 5.52 Å². The molecule has 8 heteroatoms. The lowest BCUT2D eigenvalue weighted by Crippen LogP contribution is -2.07. The average molecular weight is 397 g/mol. The third-order valence-corrected chi connectivity index (χ3v) is 4.00. The molecule has 0 saturated carbocycles. The van der Waals surface area contributed by atoms with E-state index < -0.39 is 11.6 Å². The number of rotatable bonds is 6. The van der Waals surface area contributed by atoms with Crippen LogP contribution in [0.15, 0.2) is 39.5 Å². The highest BCUT2D eigenvalue weighted by Gasteiger charge is 2.13. The fourth-order valence-electron chi connectivity index (χ4n) is 2.76. The maximum Gasteiger partial charge on any atom is 0.347 e. The Morgan fingerprint density at radius 2 is 1.69 bits per heavy atom. The Balaban J connectivity index is 2.05. The smallest absolute Gasteiger partial charge is 0.347 e. The molecule has 29 heavy (non-hydrogen) atoms. The van der Waals surface area contributed by atoms with Gasteiger partial charge in [0.25, 0.3) is 0 Å². The van der Waals surface area contributed by atoms with Crippen LogP contribution in [-0.2, 0) is 4.79 Å². The van der Waals surface area contributed by atoms with E-state index in [0.29, 0.717) is 22.8 Å². The number of hydrogen-bond donors (Lipinski definition) is 0. The van der Waals surface area contributed by atoms with Crippen LogP contribution in [0.3, 0.4) is 0 Å². The first kappa shape index (κ1) is 19.9. The quantitative estimate of drug-likeness (QED) is 0.462. The number of esters is 1. The molecular weight excluding hydrogens is 378 g/mol. The number of ether oxygens (including phenoxy) is 4. The SMILES string of the molecule is COc1cc(C=Cc2nc3c(OC(C)=O)cccc3c(=O)o2)cc(OC)c1OC. The van der Waals surface area contributed by atoms with Crippen LogP contribution in [0.4, 0.5) is 0 Å². The van der Waals surface area contributed by atoms with E-state index in [4.69, 9.17) is 23.4 Å². The Morgan fingerprint density at radius 3 is 2.28 bits per heavy atom. The van der Waals surface area contributed by atoms with Gasteiger partial charge in [0.2, 0.25) is 11.6 Å². The third kappa shape index (κ3) is 4.21. The summed E-state index contributed by atoms with van der Waals surface area (Å²) in [4.78, 5) is 27.9. The van der Waals surface area contributed by atoms with Gasteiger partial charge >= 0.3 is 11.6 Å². The van der Waals surface area contributed by atoms with E-state index in [-0.39, 0.29) is 22.5 Å². The Kier molecular flexibility index (Phi) is 5.82. The lowest BCUT2D eigenvalue weighted by molar-refractivity contribution is -0.131. The van der Waals surface area contributed by atoms with Crippen molar-refractivity contribution in [2.24, 2.45) is 0 Å². The lowest BCUT2D eigenvalue weighted by Gasteiger charge is -2.12. The summed E-state index contributed by atoms with van der Waals surface area (Å²) in [5.41, 5.74) is 0.356. The van der Waals surface area contributed by atoms with Gasteiger partial charge in [0.15, 0.2) is 17.2 Å². The standard InChI is InChI=1S/C21H19NO7/c1-12(23)28-15-7-5-6-14-19(15)22-18(29-21(14)24)9-8-13-10-16(25-2)20(27-4)17(11-13)26-3/h5-11H,1-4H3. The summed E-state index contributed by atoms with van der Waals surface area (Å²) >= 11 is 0. The Hall–Kier alpha value is -3.81. The van der Waals surface area contributed by atoms with Crippen molar-refractivity contribution in [2.75, 3.05) is 21.3 Å². The highest BCUT2D eigenvalue weighted by molar-refractivity contribution is 5.86. The van der Waals surface area contributed by atoms with Crippen molar-refractivity contribution in [1.29, 1.82) is 0 Å². The van der Waals surface area contributed by atoms with Crippen LogP contribution in [0.5, 0.6) is 23.0 Å². The topological polar surface area (TPSA) is 97.1 Å². The Labute approximate surface area is 166 Å². The van der Waals surface area contributed by atoms with Crippen molar-refractivity contribution in [1.82, 2.24) is 4.98 Å². The second kappa shape index (κ2) is 8.47. The molecule has 3 rings (SSSR count). The number of benzene rings is 2. The van der Waals surface area contributed by atoms with E-state index >= 15 is 0 Å². The molecule has 0 aliphatic rings. The van der Waals surface area contributed by atoms with Crippen molar-refractivity contribution in [2.45, 2.75) is 6.92 Å². The first-order valence-corrected chi connectivity index (χ1v) is 8.57. The summed E-state index contributed by atoms with van der Waals surface area (Å²) < 4.78 is 26.3. The highest BCUT2D eigenvalue weighted by Crippen LogP contribution is 2.38. The van der Waals surface area contributed by atoms with Crippen molar-refractivity contribution in [3.05, 3.63) is 52.2 Å². The summed E-state index contributed by atoms with van der Waals surface area (Å²) in [5.74, 6) is 1.16. The van der Waals surface area contributed by atoms with Gasteiger partial charge in [-0.15, -0.1) is 0 Å². The lowest BCUT2D eigenvalue weighted by atomic mass is 10.1. The predicted octanol–water partition coefficient (Wildman–Crippen LogP) is 3.31. The van der Waals surface area contributed by atoms with Crippen molar-refractivity contribution in [3.8, 4) is 23.0 Å².